The Morgan fingerprint density at radius 2 is 1.44 bits per heavy atom. The van der Waals surface area contributed by atoms with Crippen LogP contribution in [-0.4, -0.2) is 52.9 Å². The van der Waals surface area contributed by atoms with Gasteiger partial charge in [0.2, 0.25) is 0 Å². The molecule has 1 amide bonds. The van der Waals surface area contributed by atoms with Crippen molar-refractivity contribution in [1.29, 1.82) is 0 Å². The fourth-order valence-electron chi connectivity index (χ4n) is 3.05. The highest BCUT2D eigenvalue weighted by molar-refractivity contribution is 7.99. The molecule has 0 fully saturated rings. The van der Waals surface area contributed by atoms with Crippen LogP contribution in [0.4, 0.5) is 4.79 Å². The molecule has 0 radical (unpaired) electrons. The molecule has 2 N–H and O–H groups in total. The lowest BCUT2D eigenvalue weighted by Gasteiger charge is -2.21. The molecule has 0 aliphatic rings. The molecular weight excluding hydrogens is 430 g/mol. The van der Waals surface area contributed by atoms with Crippen LogP contribution in [0.3, 0.4) is 0 Å². The minimum absolute atomic E-state index is 0.171. The van der Waals surface area contributed by atoms with Crippen LogP contribution >= 0.6 is 11.8 Å². The van der Waals surface area contributed by atoms with Crippen LogP contribution in [0.25, 0.3) is 0 Å². The number of carboxylic acids is 1. The molecule has 0 aliphatic carbocycles. The van der Waals surface area contributed by atoms with Gasteiger partial charge in [-0.1, -0.05) is 71.1 Å². The summed E-state index contributed by atoms with van der Waals surface area (Å²) >= 11 is 1.31. The van der Waals surface area contributed by atoms with Crippen LogP contribution < -0.4 is 5.32 Å². The summed E-state index contributed by atoms with van der Waals surface area (Å²) in [6.45, 7) is 7.60. The second kappa shape index (κ2) is 19.1. The summed E-state index contributed by atoms with van der Waals surface area (Å²) in [4.78, 5) is 34.8. The van der Waals surface area contributed by atoms with Crippen LogP contribution in [0.5, 0.6) is 0 Å². The van der Waals surface area contributed by atoms with Crippen LogP contribution in [0.1, 0.15) is 105 Å². The van der Waals surface area contributed by atoms with Gasteiger partial charge >= 0.3 is 18.0 Å². The number of rotatable bonds is 19. The van der Waals surface area contributed by atoms with E-state index in [2.05, 4.69) is 12.2 Å². The Bertz CT molecular complexity index is 521. The summed E-state index contributed by atoms with van der Waals surface area (Å²) in [5.74, 6) is -0.686. The number of esters is 1. The Kier molecular flexibility index (Phi) is 18.2. The third kappa shape index (κ3) is 20.5. The highest BCUT2D eigenvalue weighted by atomic mass is 32.2. The van der Waals surface area contributed by atoms with Gasteiger partial charge in [0.25, 0.3) is 0 Å². The Labute approximate surface area is 198 Å². The van der Waals surface area contributed by atoms with Crippen molar-refractivity contribution in [2.24, 2.45) is 0 Å². The summed E-state index contributed by atoms with van der Waals surface area (Å²) in [5, 5.41) is 11.6. The molecule has 0 spiro atoms. The molecule has 0 aromatic heterocycles. The molecular formula is C24H45NO6S. The zero-order chi connectivity index (χ0) is 24.2. The van der Waals surface area contributed by atoms with E-state index in [1.54, 1.807) is 20.8 Å². The number of aliphatic carboxylic acids is 1. The van der Waals surface area contributed by atoms with E-state index in [4.69, 9.17) is 9.47 Å². The summed E-state index contributed by atoms with van der Waals surface area (Å²) in [5.41, 5.74) is -0.692. The predicted octanol–water partition coefficient (Wildman–Crippen LogP) is 5.94. The van der Waals surface area contributed by atoms with Gasteiger partial charge < -0.3 is 19.9 Å². The zero-order valence-corrected chi connectivity index (χ0v) is 21.4. The molecule has 0 saturated heterocycles. The van der Waals surface area contributed by atoms with Crippen molar-refractivity contribution >= 4 is 29.8 Å². The zero-order valence-electron chi connectivity index (χ0n) is 20.6. The normalized spacial score (nSPS) is 12.2. The number of carbonyl (C=O) groups is 3. The fourth-order valence-corrected chi connectivity index (χ4v) is 3.88. The standard InChI is InChI=1S/C24H45NO6S/c1-5-6-7-8-9-10-11-12-13-14-15-16-21(26)30-17-18-32-19-20(22(27)28)25-23(29)31-24(2,3)4/h20H,5-19H2,1-4H3,(H,25,29)(H,27,28)/t20-/m0/s1. The molecule has 0 unspecified atom stereocenters. The van der Waals surface area contributed by atoms with E-state index in [0.29, 0.717) is 12.2 Å². The van der Waals surface area contributed by atoms with Crippen molar-refractivity contribution in [1.82, 2.24) is 5.32 Å². The molecule has 8 heteroatoms. The largest absolute Gasteiger partial charge is 0.480 e. The second-order valence-electron chi connectivity index (χ2n) is 9.12. The Morgan fingerprint density at radius 1 is 0.906 bits per heavy atom. The number of amides is 1. The molecule has 1 atom stereocenters. The van der Waals surface area contributed by atoms with Gasteiger partial charge in [-0.2, -0.15) is 11.8 Å². The highest BCUT2D eigenvalue weighted by Gasteiger charge is 2.23. The lowest BCUT2D eigenvalue weighted by Crippen LogP contribution is -2.45. The molecule has 0 heterocycles. The van der Waals surface area contributed by atoms with Gasteiger partial charge in [0.15, 0.2) is 0 Å². The fraction of sp³-hybridized carbons (Fsp3) is 0.875. The van der Waals surface area contributed by atoms with E-state index in [1.165, 1.54) is 69.5 Å². The van der Waals surface area contributed by atoms with E-state index in [-0.39, 0.29) is 18.3 Å². The minimum atomic E-state index is -1.13. The van der Waals surface area contributed by atoms with E-state index < -0.39 is 23.7 Å². The molecule has 7 nitrogen and oxygen atoms in total. The highest BCUT2D eigenvalue weighted by Crippen LogP contribution is 2.12. The summed E-state index contributed by atoms with van der Waals surface area (Å²) in [6.07, 6.45) is 13.3. The Balaban J connectivity index is 3.67. The number of nitrogens with one attached hydrogen (secondary N) is 1. The molecule has 0 saturated carbocycles. The first-order valence-electron chi connectivity index (χ1n) is 12.1. The van der Waals surface area contributed by atoms with Crippen molar-refractivity contribution < 1.29 is 29.0 Å². The van der Waals surface area contributed by atoms with E-state index in [0.717, 1.165) is 12.8 Å². The second-order valence-corrected chi connectivity index (χ2v) is 10.3. The van der Waals surface area contributed by atoms with Gasteiger partial charge in [-0.25, -0.2) is 9.59 Å². The molecule has 188 valence electrons. The number of unbranched alkanes of at least 4 members (excludes halogenated alkanes) is 10. The van der Waals surface area contributed by atoms with Gasteiger partial charge in [0.05, 0.1) is 0 Å². The van der Waals surface area contributed by atoms with E-state index in [9.17, 15) is 19.5 Å². The summed E-state index contributed by atoms with van der Waals surface area (Å²) in [7, 11) is 0. The number of carboxylic acid groups (broad SMARTS) is 1. The molecule has 32 heavy (non-hydrogen) atoms. The molecule has 0 aliphatic heterocycles. The average molecular weight is 476 g/mol. The molecule has 0 aromatic carbocycles. The Morgan fingerprint density at radius 3 is 1.94 bits per heavy atom. The van der Waals surface area contributed by atoms with Crippen molar-refractivity contribution in [3.05, 3.63) is 0 Å². The quantitative estimate of drug-likeness (QED) is 0.176. The maximum atomic E-state index is 11.8. The average Bonchev–Trinajstić information content (AvgIpc) is 2.69. The van der Waals surface area contributed by atoms with Crippen LogP contribution in [0.2, 0.25) is 0 Å². The van der Waals surface area contributed by atoms with Crippen molar-refractivity contribution in [3.8, 4) is 0 Å². The van der Waals surface area contributed by atoms with E-state index >= 15 is 0 Å². The summed E-state index contributed by atoms with van der Waals surface area (Å²) in [6, 6.07) is -1.05. The Hall–Kier alpha value is -1.44. The SMILES string of the molecule is CCCCCCCCCCCCCC(=O)OCCSC[C@H](NC(=O)OC(C)(C)C)C(=O)O. The predicted molar refractivity (Wildman–Crippen MR) is 130 cm³/mol. The first-order chi connectivity index (χ1) is 15.2. The van der Waals surface area contributed by atoms with Gasteiger partial charge in [0.1, 0.15) is 18.2 Å². The molecule has 0 aromatic rings. The van der Waals surface area contributed by atoms with Gasteiger partial charge in [-0.05, 0) is 27.2 Å². The van der Waals surface area contributed by atoms with E-state index in [1.807, 2.05) is 0 Å². The van der Waals surface area contributed by atoms with Crippen LogP contribution in [0.15, 0.2) is 0 Å². The first-order valence-corrected chi connectivity index (χ1v) is 13.3. The molecule has 0 bridgehead atoms. The number of thioether (sulfide) groups is 1. The third-order valence-corrected chi connectivity index (χ3v) is 5.77. The van der Waals surface area contributed by atoms with Crippen molar-refractivity contribution in [2.45, 2.75) is 116 Å². The smallest absolute Gasteiger partial charge is 0.408 e. The minimum Gasteiger partial charge on any atom is -0.480 e. The van der Waals surface area contributed by atoms with Crippen molar-refractivity contribution in [2.75, 3.05) is 18.1 Å². The van der Waals surface area contributed by atoms with Gasteiger partial charge in [-0.3, -0.25) is 4.79 Å². The van der Waals surface area contributed by atoms with Crippen molar-refractivity contribution in [3.63, 3.8) is 0 Å². The monoisotopic (exact) mass is 475 g/mol. The molecule has 0 rings (SSSR count). The third-order valence-electron chi connectivity index (χ3n) is 4.75. The van der Waals surface area contributed by atoms with Gasteiger partial charge in [-0.15, -0.1) is 0 Å². The van der Waals surface area contributed by atoms with Crippen LogP contribution in [-0.2, 0) is 19.1 Å². The van der Waals surface area contributed by atoms with Gasteiger partial charge in [0, 0.05) is 17.9 Å². The lowest BCUT2D eigenvalue weighted by molar-refractivity contribution is -0.143. The maximum absolute atomic E-state index is 11.8. The number of hydrogen-bond donors (Lipinski definition) is 2. The summed E-state index contributed by atoms with van der Waals surface area (Å²) < 4.78 is 10.3. The number of ether oxygens (including phenoxy) is 2. The first kappa shape index (κ1) is 30.6. The topological polar surface area (TPSA) is 102 Å². The number of hydrogen-bond acceptors (Lipinski definition) is 6. The van der Waals surface area contributed by atoms with Crippen LogP contribution in [0, 0.1) is 0 Å². The maximum Gasteiger partial charge on any atom is 0.408 e. The number of alkyl carbamates (subject to hydrolysis) is 1. The number of carbonyl (C=O) groups excluding carboxylic acids is 2. The lowest BCUT2D eigenvalue weighted by atomic mass is 10.1.